The summed E-state index contributed by atoms with van der Waals surface area (Å²) in [6.07, 6.45) is 5.51. The number of methoxy groups -OCH3 is 1. The van der Waals surface area contributed by atoms with Crippen molar-refractivity contribution < 1.29 is 14.3 Å². The summed E-state index contributed by atoms with van der Waals surface area (Å²) in [6, 6.07) is 13.1. The van der Waals surface area contributed by atoms with Crippen LogP contribution in [0.25, 0.3) is 5.70 Å². The number of hydrogen-bond donors (Lipinski definition) is 2. The summed E-state index contributed by atoms with van der Waals surface area (Å²) < 4.78 is 5.38. The summed E-state index contributed by atoms with van der Waals surface area (Å²) in [7, 11) is 1.64. The van der Waals surface area contributed by atoms with Crippen molar-refractivity contribution >= 4 is 23.1 Å². The Hall–Kier alpha value is -3.08. The predicted molar refractivity (Wildman–Crippen MR) is 119 cm³/mol. The molecule has 1 saturated carbocycles. The Morgan fingerprint density at radius 3 is 2.67 bits per heavy atom. The van der Waals surface area contributed by atoms with Crippen LogP contribution in [-0.2, 0) is 11.2 Å². The van der Waals surface area contributed by atoms with Crippen LogP contribution in [0.2, 0.25) is 0 Å². The highest BCUT2D eigenvalue weighted by Gasteiger charge is 2.28. The van der Waals surface area contributed by atoms with Crippen molar-refractivity contribution in [3.05, 3.63) is 65.2 Å². The van der Waals surface area contributed by atoms with Crippen LogP contribution in [0.3, 0.4) is 0 Å². The summed E-state index contributed by atoms with van der Waals surface area (Å²) in [5.74, 6) is 0.797. The minimum Gasteiger partial charge on any atom is -0.497 e. The first kappa shape index (κ1) is 20.2. The second kappa shape index (κ2) is 7.98. The molecule has 5 heteroatoms. The van der Waals surface area contributed by atoms with Crippen molar-refractivity contribution in [3.8, 4) is 5.75 Å². The third-order valence-corrected chi connectivity index (χ3v) is 5.88. The first-order chi connectivity index (χ1) is 14.3. The Morgan fingerprint density at radius 2 is 1.97 bits per heavy atom. The number of nitrogens with one attached hydrogen (secondary N) is 2. The van der Waals surface area contributed by atoms with Gasteiger partial charge in [-0.15, -0.1) is 0 Å². The van der Waals surface area contributed by atoms with Gasteiger partial charge in [-0.3, -0.25) is 9.59 Å². The summed E-state index contributed by atoms with van der Waals surface area (Å²) in [4.78, 5) is 25.3. The van der Waals surface area contributed by atoms with Crippen LogP contribution in [0.4, 0.5) is 5.69 Å². The summed E-state index contributed by atoms with van der Waals surface area (Å²) >= 11 is 0. The minimum absolute atomic E-state index is 0.0425. The highest BCUT2D eigenvalue weighted by molar-refractivity contribution is 6.09. The van der Waals surface area contributed by atoms with Crippen LogP contribution in [0.5, 0.6) is 5.75 Å². The van der Waals surface area contributed by atoms with Gasteiger partial charge in [-0.25, -0.2) is 0 Å². The Morgan fingerprint density at radius 1 is 1.17 bits per heavy atom. The molecule has 1 amide bonds. The molecule has 2 N–H and O–H groups in total. The van der Waals surface area contributed by atoms with E-state index >= 15 is 0 Å². The smallest absolute Gasteiger partial charge is 0.227 e. The number of amides is 1. The molecule has 0 bridgehead atoms. The zero-order valence-corrected chi connectivity index (χ0v) is 17.7. The molecule has 2 aromatic rings. The number of ketones is 1. The largest absolute Gasteiger partial charge is 0.497 e. The molecule has 1 aliphatic heterocycles. The van der Waals surface area contributed by atoms with Gasteiger partial charge in [-0.1, -0.05) is 24.6 Å². The Labute approximate surface area is 177 Å². The van der Waals surface area contributed by atoms with E-state index in [4.69, 9.17) is 4.74 Å². The fourth-order valence-corrected chi connectivity index (χ4v) is 4.03. The highest BCUT2D eigenvalue weighted by Crippen LogP contribution is 2.32. The molecule has 2 aliphatic rings. The van der Waals surface area contributed by atoms with Crippen molar-refractivity contribution in [1.82, 2.24) is 5.32 Å². The van der Waals surface area contributed by atoms with E-state index in [1.807, 2.05) is 18.2 Å². The predicted octanol–water partition coefficient (Wildman–Crippen LogP) is 4.58. The summed E-state index contributed by atoms with van der Waals surface area (Å²) in [6.45, 7) is 4.24. The van der Waals surface area contributed by atoms with Gasteiger partial charge >= 0.3 is 0 Å². The molecule has 156 valence electrons. The maximum absolute atomic E-state index is 13.1. The van der Waals surface area contributed by atoms with Crippen molar-refractivity contribution in [3.63, 3.8) is 0 Å². The first-order valence-electron chi connectivity index (χ1n) is 10.5. The molecule has 4 rings (SSSR count). The average Bonchev–Trinajstić information content (AvgIpc) is 2.65. The number of rotatable bonds is 5. The van der Waals surface area contributed by atoms with E-state index in [9.17, 15) is 9.59 Å². The second-order valence-corrected chi connectivity index (χ2v) is 8.83. The first-order valence-corrected chi connectivity index (χ1v) is 10.5. The van der Waals surface area contributed by atoms with Gasteiger partial charge in [0.1, 0.15) is 5.75 Å². The van der Waals surface area contributed by atoms with E-state index in [0.717, 1.165) is 42.7 Å². The molecular weight excluding hydrogens is 376 g/mol. The van der Waals surface area contributed by atoms with Gasteiger partial charge in [0.15, 0.2) is 5.78 Å². The molecular formula is C25H28N2O3. The van der Waals surface area contributed by atoms with Crippen molar-refractivity contribution in [2.75, 3.05) is 12.4 Å². The number of anilines is 1. The van der Waals surface area contributed by atoms with E-state index in [2.05, 4.69) is 30.5 Å². The van der Waals surface area contributed by atoms with E-state index in [0.29, 0.717) is 11.3 Å². The van der Waals surface area contributed by atoms with Crippen LogP contribution in [-0.4, -0.2) is 24.3 Å². The summed E-state index contributed by atoms with van der Waals surface area (Å²) in [5, 5.41) is 6.44. The molecule has 1 heterocycles. The zero-order chi connectivity index (χ0) is 21.3. The lowest BCUT2D eigenvalue weighted by molar-refractivity contribution is -0.122. The number of benzene rings is 2. The molecule has 0 radical (unpaired) electrons. The lowest BCUT2D eigenvalue weighted by Gasteiger charge is -2.35. The maximum atomic E-state index is 13.1. The fraction of sp³-hybridized carbons (Fsp3) is 0.360. The Kier molecular flexibility index (Phi) is 5.37. The van der Waals surface area contributed by atoms with Gasteiger partial charge in [0.2, 0.25) is 5.91 Å². The van der Waals surface area contributed by atoms with Crippen LogP contribution in [0.15, 0.2) is 48.5 Å². The van der Waals surface area contributed by atoms with Gasteiger partial charge in [0.05, 0.1) is 7.11 Å². The SMILES string of the molecule is COc1ccc2c(c1)C(=CC(=O)c1cccc(NC(=O)C3CCC3)c1)NC(C)(C)C2. The molecule has 5 nitrogen and oxygen atoms in total. The topological polar surface area (TPSA) is 67.4 Å². The molecule has 0 unspecified atom stereocenters. The van der Waals surface area contributed by atoms with Crippen LogP contribution in [0, 0.1) is 5.92 Å². The number of fused-ring (bicyclic) bond motifs is 1. The summed E-state index contributed by atoms with van der Waals surface area (Å²) in [5.41, 5.74) is 4.00. The van der Waals surface area contributed by atoms with Gasteiger partial charge in [0.25, 0.3) is 0 Å². The van der Waals surface area contributed by atoms with Crippen LogP contribution in [0.1, 0.15) is 54.6 Å². The zero-order valence-electron chi connectivity index (χ0n) is 17.7. The monoisotopic (exact) mass is 404 g/mol. The molecule has 0 spiro atoms. The van der Waals surface area contributed by atoms with Crippen LogP contribution >= 0.6 is 0 Å². The normalized spacial score (nSPS) is 18.7. The van der Waals surface area contributed by atoms with Crippen LogP contribution < -0.4 is 15.4 Å². The van der Waals surface area contributed by atoms with E-state index < -0.39 is 0 Å². The molecule has 30 heavy (non-hydrogen) atoms. The van der Waals surface area contributed by atoms with Gasteiger partial charge in [0, 0.05) is 40.0 Å². The molecule has 2 aromatic carbocycles. The fourth-order valence-electron chi connectivity index (χ4n) is 4.03. The standard InChI is InChI=1S/C25H28N2O3/c1-25(2)15-18-10-11-20(30-3)13-21(18)22(27-25)14-23(28)17-8-5-9-19(12-17)26-24(29)16-6-4-7-16/h5,8-14,16,27H,4,6-7,15H2,1-3H3,(H,26,29). The molecule has 0 atom stereocenters. The van der Waals surface area contributed by atoms with Gasteiger partial charge in [-0.2, -0.15) is 0 Å². The van der Waals surface area contributed by atoms with Gasteiger partial charge < -0.3 is 15.4 Å². The molecule has 0 saturated heterocycles. The number of hydrogen-bond acceptors (Lipinski definition) is 4. The van der Waals surface area contributed by atoms with E-state index in [1.54, 1.807) is 31.4 Å². The van der Waals surface area contributed by atoms with Crippen molar-refractivity contribution in [2.45, 2.75) is 45.1 Å². The third kappa shape index (κ3) is 4.25. The van der Waals surface area contributed by atoms with Crippen molar-refractivity contribution in [1.29, 1.82) is 0 Å². The van der Waals surface area contributed by atoms with Crippen molar-refractivity contribution in [2.24, 2.45) is 5.92 Å². The highest BCUT2D eigenvalue weighted by atomic mass is 16.5. The Balaban J connectivity index is 1.61. The Bertz CT molecular complexity index is 1020. The number of ether oxygens (including phenoxy) is 1. The number of carbonyl (C=O) groups is 2. The third-order valence-electron chi connectivity index (χ3n) is 5.88. The number of allylic oxidation sites excluding steroid dienone is 1. The number of carbonyl (C=O) groups excluding carboxylic acids is 2. The lowest BCUT2D eigenvalue weighted by Crippen LogP contribution is -2.43. The maximum Gasteiger partial charge on any atom is 0.227 e. The molecule has 0 aromatic heterocycles. The molecule has 1 fully saturated rings. The second-order valence-electron chi connectivity index (χ2n) is 8.83. The molecule has 1 aliphatic carbocycles. The van der Waals surface area contributed by atoms with E-state index in [-0.39, 0.29) is 23.1 Å². The van der Waals surface area contributed by atoms with E-state index in [1.165, 1.54) is 5.56 Å². The van der Waals surface area contributed by atoms with Gasteiger partial charge in [-0.05, 0) is 62.9 Å². The quantitative estimate of drug-likeness (QED) is 0.565. The minimum atomic E-state index is -0.160. The average molecular weight is 405 g/mol. The lowest BCUT2D eigenvalue weighted by atomic mass is 9.85.